The fourth-order valence-electron chi connectivity index (χ4n) is 5.54. The molecule has 2 amide bonds. The highest BCUT2D eigenvalue weighted by Gasteiger charge is 2.41. The van der Waals surface area contributed by atoms with Crippen molar-refractivity contribution in [3.05, 3.63) is 93.5 Å². The number of carbonyl (C=O) groups is 2. The summed E-state index contributed by atoms with van der Waals surface area (Å²) in [5.41, 5.74) is 4.69. The van der Waals surface area contributed by atoms with Gasteiger partial charge in [0.25, 0.3) is 11.8 Å². The van der Waals surface area contributed by atoms with Crippen molar-refractivity contribution in [1.29, 1.82) is 0 Å². The number of amides is 2. The second-order valence-corrected chi connectivity index (χ2v) is 9.76. The summed E-state index contributed by atoms with van der Waals surface area (Å²) in [6.45, 7) is 0.201. The highest BCUT2D eigenvalue weighted by molar-refractivity contribution is 6.43. The van der Waals surface area contributed by atoms with E-state index in [9.17, 15) is 9.59 Å². The van der Waals surface area contributed by atoms with Gasteiger partial charge in [-0.2, -0.15) is 0 Å². The number of fused-ring (bicyclic) bond motifs is 10. The van der Waals surface area contributed by atoms with Crippen LogP contribution in [0.25, 0.3) is 43.6 Å². The van der Waals surface area contributed by atoms with Gasteiger partial charge in [0.15, 0.2) is 0 Å². The van der Waals surface area contributed by atoms with Gasteiger partial charge in [-0.1, -0.05) is 71.7 Å². The van der Waals surface area contributed by atoms with Crippen molar-refractivity contribution in [3.8, 4) is 0 Å². The third-order valence-electron chi connectivity index (χ3n) is 7.02. The maximum absolute atomic E-state index is 13.9. The molecule has 5 nitrogen and oxygen atoms in total. The number of aryl methyl sites for hydroxylation is 1. The minimum Gasteiger partial charge on any atom is -0.353 e. The van der Waals surface area contributed by atoms with Crippen molar-refractivity contribution < 1.29 is 9.59 Å². The quantitative estimate of drug-likeness (QED) is 0.260. The lowest BCUT2D eigenvalue weighted by Gasteiger charge is -2.13. The Hall–Kier alpha value is -3.80. The maximum Gasteiger partial charge on any atom is 0.264 e. The van der Waals surface area contributed by atoms with E-state index in [4.69, 9.17) is 23.2 Å². The number of H-pyrrole nitrogens is 1. The lowest BCUT2D eigenvalue weighted by Crippen LogP contribution is -2.29. The Morgan fingerprint density at radius 3 is 2.31 bits per heavy atom. The topological polar surface area (TPSA) is 58.1 Å². The molecule has 0 bridgehead atoms. The smallest absolute Gasteiger partial charge is 0.264 e. The van der Waals surface area contributed by atoms with Crippen LogP contribution in [0.3, 0.4) is 0 Å². The number of benzene rings is 4. The third-order valence-corrected chi connectivity index (χ3v) is 7.54. The number of rotatable bonds is 2. The highest BCUT2D eigenvalue weighted by atomic mass is 35.5. The van der Waals surface area contributed by atoms with Crippen LogP contribution in [-0.2, 0) is 13.6 Å². The normalized spacial score (nSPS) is 13.7. The minimum absolute atomic E-state index is 0.201. The van der Waals surface area contributed by atoms with E-state index in [1.165, 1.54) is 4.90 Å². The largest absolute Gasteiger partial charge is 0.353 e. The minimum atomic E-state index is -0.320. The summed E-state index contributed by atoms with van der Waals surface area (Å²) >= 11 is 13.0. The molecule has 2 aromatic heterocycles. The summed E-state index contributed by atoms with van der Waals surface area (Å²) in [4.78, 5) is 32.4. The van der Waals surface area contributed by atoms with Gasteiger partial charge < -0.3 is 9.55 Å². The Balaban J connectivity index is 1.67. The Labute approximate surface area is 209 Å². The van der Waals surface area contributed by atoms with Gasteiger partial charge in [-0.25, -0.2) is 0 Å². The van der Waals surface area contributed by atoms with E-state index in [0.29, 0.717) is 32.2 Å². The molecule has 35 heavy (non-hydrogen) atoms. The maximum atomic E-state index is 13.9. The van der Waals surface area contributed by atoms with Crippen LogP contribution in [0, 0.1) is 0 Å². The Bertz CT molecular complexity index is 1900. The number of carbonyl (C=O) groups excluding carboxylic acids is 2. The molecule has 3 heterocycles. The molecule has 0 fully saturated rings. The molecule has 1 N–H and O–H groups in total. The predicted octanol–water partition coefficient (Wildman–Crippen LogP) is 7.07. The lowest BCUT2D eigenvalue weighted by molar-refractivity contribution is 0.0643. The second kappa shape index (κ2) is 7.11. The van der Waals surface area contributed by atoms with Gasteiger partial charge >= 0.3 is 0 Å². The molecule has 0 saturated carbocycles. The Kier molecular flexibility index (Phi) is 4.17. The summed E-state index contributed by atoms with van der Waals surface area (Å²) in [6, 6.07) is 21.1. The molecule has 7 heteroatoms. The zero-order valence-electron chi connectivity index (χ0n) is 18.5. The van der Waals surface area contributed by atoms with Crippen LogP contribution in [0.2, 0.25) is 10.0 Å². The molecule has 6 aromatic rings. The summed E-state index contributed by atoms with van der Waals surface area (Å²) in [5, 5.41) is 4.54. The van der Waals surface area contributed by atoms with Gasteiger partial charge in [0.1, 0.15) is 0 Å². The molecule has 0 spiro atoms. The lowest BCUT2D eigenvalue weighted by atomic mass is 9.98. The fraction of sp³-hybridized carbons (Fsp3) is 0.0714. The fourth-order valence-corrected chi connectivity index (χ4v) is 6.08. The van der Waals surface area contributed by atoms with Crippen LogP contribution in [0.1, 0.15) is 26.3 Å². The van der Waals surface area contributed by atoms with Crippen LogP contribution < -0.4 is 0 Å². The molecule has 1 aliphatic rings. The van der Waals surface area contributed by atoms with E-state index in [-0.39, 0.29) is 18.4 Å². The Morgan fingerprint density at radius 1 is 0.800 bits per heavy atom. The molecule has 0 aliphatic carbocycles. The predicted molar refractivity (Wildman–Crippen MR) is 140 cm³/mol. The van der Waals surface area contributed by atoms with Crippen molar-refractivity contribution in [2.24, 2.45) is 7.05 Å². The first-order chi connectivity index (χ1) is 17.0. The van der Waals surface area contributed by atoms with Gasteiger partial charge in [-0.3, -0.25) is 14.5 Å². The molecular formula is C28H17Cl2N3O2. The van der Waals surface area contributed by atoms with Gasteiger partial charge in [0, 0.05) is 39.1 Å². The van der Waals surface area contributed by atoms with Gasteiger partial charge in [-0.15, -0.1) is 0 Å². The Morgan fingerprint density at radius 2 is 1.51 bits per heavy atom. The van der Waals surface area contributed by atoms with E-state index < -0.39 is 0 Å². The number of hydrogen-bond donors (Lipinski definition) is 1. The third kappa shape index (κ3) is 2.65. The zero-order valence-corrected chi connectivity index (χ0v) is 20.0. The van der Waals surface area contributed by atoms with Crippen molar-refractivity contribution in [1.82, 2.24) is 14.5 Å². The molecule has 170 valence electrons. The molecule has 4 aromatic carbocycles. The average Bonchev–Trinajstić information content (AvgIpc) is 3.45. The molecule has 0 atom stereocenters. The van der Waals surface area contributed by atoms with Crippen LogP contribution >= 0.6 is 23.2 Å². The average molecular weight is 498 g/mol. The molecule has 0 radical (unpaired) electrons. The van der Waals surface area contributed by atoms with E-state index in [1.54, 1.807) is 6.07 Å². The van der Waals surface area contributed by atoms with Gasteiger partial charge in [-0.05, 0) is 23.8 Å². The number of halogens is 2. The van der Waals surface area contributed by atoms with Crippen LogP contribution in [-0.4, -0.2) is 26.3 Å². The summed E-state index contributed by atoms with van der Waals surface area (Å²) < 4.78 is 2.01. The monoisotopic (exact) mass is 497 g/mol. The molecule has 7 rings (SSSR count). The van der Waals surface area contributed by atoms with Crippen LogP contribution in [0.15, 0.2) is 66.7 Å². The molecular weight excluding hydrogens is 481 g/mol. The van der Waals surface area contributed by atoms with Crippen LogP contribution in [0.4, 0.5) is 0 Å². The first-order valence-electron chi connectivity index (χ1n) is 11.2. The molecule has 0 unspecified atom stereocenters. The molecule has 0 saturated heterocycles. The standard InChI is InChI=1S/C28H17Cl2N3O2/c1-32-19-10-6-5-9-16(19)21-20-17-11-15(29)12-18(30)24(17)31-25(20)22-23(26(21)32)28(35)33(27(22)34)13-14-7-3-2-4-8-14/h2-12,31H,13H2,1H3. The number of nitrogens with zero attached hydrogens (tertiary/aromatic N) is 2. The number of aromatic amines is 1. The van der Waals surface area contributed by atoms with Crippen LogP contribution in [0.5, 0.6) is 0 Å². The zero-order chi connectivity index (χ0) is 24.0. The van der Waals surface area contributed by atoms with Crippen molar-refractivity contribution in [2.45, 2.75) is 6.54 Å². The first-order valence-corrected chi connectivity index (χ1v) is 11.9. The van der Waals surface area contributed by atoms with Crippen molar-refractivity contribution >= 4 is 78.6 Å². The number of para-hydroxylation sites is 1. The summed E-state index contributed by atoms with van der Waals surface area (Å²) in [6.07, 6.45) is 0. The van der Waals surface area contributed by atoms with Gasteiger partial charge in [0.05, 0.1) is 39.2 Å². The van der Waals surface area contributed by atoms with Crippen molar-refractivity contribution in [2.75, 3.05) is 0 Å². The number of imide groups is 1. The first kappa shape index (κ1) is 20.6. The van der Waals surface area contributed by atoms with E-state index in [0.717, 1.165) is 38.1 Å². The van der Waals surface area contributed by atoms with Gasteiger partial charge in [0.2, 0.25) is 0 Å². The summed E-state index contributed by atoms with van der Waals surface area (Å²) in [7, 11) is 1.93. The van der Waals surface area contributed by atoms with E-state index in [1.807, 2.05) is 72.3 Å². The molecule has 1 aliphatic heterocycles. The second-order valence-electron chi connectivity index (χ2n) is 8.92. The SMILES string of the molecule is Cn1c2ccccc2c2c3c([nH]c4c(Cl)cc(Cl)cc43)c3c(c21)C(=O)N(Cc1ccccc1)C3=O. The highest BCUT2D eigenvalue weighted by Crippen LogP contribution is 2.46. The van der Waals surface area contributed by atoms with E-state index >= 15 is 0 Å². The summed E-state index contributed by atoms with van der Waals surface area (Å²) in [5.74, 6) is -0.616. The van der Waals surface area contributed by atoms with E-state index in [2.05, 4.69) is 4.98 Å². The van der Waals surface area contributed by atoms with Crippen molar-refractivity contribution in [3.63, 3.8) is 0 Å². The number of aromatic nitrogens is 2. The number of hydrogen-bond acceptors (Lipinski definition) is 2. The number of nitrogens with one attached hydrogen (secondary N) is 1.